The molecule has 15 heavy (non-hydrogen) atoms. The van der Waals surface area contributed by atoms with Crippen molar-refractivity contribution in [2.75, 3.05) is 19.6 Å². The Morgan fingerprint density at radius 3 is 2.93 bits per heavy atom. The fourth-order valence-corrected chi connectivity index (χ4v) is 2.18. The number of carbonyl (C=O) groups excluding carboxylic acids is 1. The van der Waals surface area contributed by atoms with Gasteiger partial charge in [-0.3, -0.25) is 4.79 Å². The molecule has 88 valence electrons. The molecule has 1 aliphatic rings. The SMILES string of the molecule is CCC[C@H]1CN(C(=O)CCN)CC[C@H]1O. The molecule has 0 radical (unpaired) electrons. The summed E-state index contributed by atoms with van der Waals surface area (Å²) >= 11 is 0. The maximum atomic E-state index is 11.6. The molecule has 0 unspecified atom stereocenters. The number of nitrogens with two attached hydrogens (primary N) is 1. The van der Waals surface area contributed by atoms with Crippen molar-refractivity contribution in [3.05, 3.63) is 0 Å². The Morgan fingerprint density at radius 2 is 2.33 bits per heavy atom. The van der Waals surface area contributed by atoms with E-state index in [2.05, 4.69) is 6.92 Å². The van der Waals surface area contributed by atoms with Crippen molar-refractivity contribution in [1.82, 2.24) is 4.90 Å². The zero-order chi connectivity index (χ0) is 11.3. The van der Waals surface area contributed by atoms with Gasteiger partial charge in [0.25, 0.3) is 0 Å². The summed E-state index contributed by atoms with van der Waals surface area (Å²) in [7, 11) is 0. The average molecular weight is 214 g/mol. The minimum atomic E-state index is -0.230. The maximum Gasteiger partial charge on any atom is 0.223 e. The van der Waals surface area contributed by atoms with Gasteiger partial charge in [0.15, 0.2) is 0 Å². The second-order valence-electron chi connectivity index (χ2n) is 4.28. The van der Waals surface area contributed by atoms with Crippen LogP contribution in [0.1, 0.15) is 32.6 Å². The van der Waals surface area contributed by atoms with Crippen LogP contribution >= 0.6 is 0 Å². The highest BCUT2D eigenvalue weighted by Crippen LogP contribution is 2.21. The van der Waals surface area contributed by atoms with Crippen LogP contribution < -0.4 is 5.73 Å². The number of aliphatic hydroxyl groups excluding tert-OH is 1. The van der Waals surface area contributed by atoms with E-state index in [-0.39, 0.29) is 17.9 Å². The quantitative estimate of drug-likeness (QED) is 0.709. The fourth-order valence-electron chi connectivity index (χ4n) is 2.18. The molecule has 2 atom stereocenters. The van der Waals surface area contributed by atoms with Crippen molar-refractivity contribution in [3.63, 3.8) is 0 Å². The molecule has 1 aliphatic heterocycles. The zero-order valence-corrected chi connectivity index (χ0v) is 9.48. The summed E-state index contributed by atoms with van der Waals surface area (Å²) in [6.07, 6.45) is 2.95. The number of aliphatic hydroxyl groups is 1. The molecule has 0 saturated carbocycles. The molecule has 3 N–H and O–H groups in total. The van der Waals surface area contributed by atoms with Crippen LogP contribution in [0.3, 0.4) is 0 Å². The second-order valence-corrected chi connectivity index (χ2v) is 4.28. The van der Waals surface area contributed by atoms with Gasteiger partial charge in [-0.15, -0.1) is 0 Å². The molecular formula is C11H22N2O2. The Balaban J connectivity index is 2.45. The van der Waals surface area contributed by atoms with Crippen LogP contribution in [0.15, 0.2) is 0 Å². The van der Waals surface area contributed by atoms with E-state index < -0.39 is 0 Å². The van der Waals surface area contributed by atoms with Crippen LogP contribution in [-0.2, 0) is 4.79 Å². The summed E-state index contributed by atoms with van der Waals surface area (Å²) < 4.78 is 0. The number of rotatable bonds is 4. The molecule has 1 heterocycles. The standard InChI is InChI=1S/C11H22N2O2/c1-2-3-9-8-13(7-5-10(9)14)11(15)4-6-12/h9-10,14H,2-8,12H2,1H3/t9-,10+/m0/s1. The van der Waals surface area contributed by atoms with Crippen molar-refractivity contribution >= 4 is 5.91 Å². The number of nitrogens with zero attached hydrogens (tertiary/aromatic N) is 1. The number of likely N-dealkylation sites (tertiary alicyclic amines) is 1. The molecule has 1 rings (SSSR count). The highest BCUT2D eigenvalue weighted by molar-refractivity contribution is 5.76. The number of carbonyl (C=O) groups is 1. The van der Waals surface area contributed by atoms with Gasteiger partial charge in [0.2, 0.25) is 5.91 Å². The van der Waals surface area contributed by atoms with Crippen LogP contribution in [0.25, 0.3) is 0 Å². The lowest BCUT2D eigenvalue weighted by Gasteiger charge is -2.36. The lowest BCUT2D eigenvalue weighted by Crippen LogP contribution is -2.46. The van der Waals surface area contributed by atoms with Crippen LogP contribution in [0.2, 0.25) is 0 Å². The maximum absolute atomic E-state index is 11.6. The van der Waals surface area contributed by atoms with E-state index in [1.54, 1.807) is 0 Å². The molecule has 1 saturated heterocycles. The first-order valence-corrected chi connectivity index (χ1v) is 5.85. The van der Waals surface area contributed by atoms with E-state index in [0.717, 1.165) is 12.8 Å². The third kappa shape index (κ3) is 3.47. The molecular weight excluding hydrogens is 192 g/mol. The summed E-state index contributed by atoms with van der Waals surface area (Å²) in [5.74, 6) is 0.385. The molecule has 0 aromatic carbocycles. The first kappa shape index (κ1) is 12.5. The van der Waals surface area contributed by atoms with Crippen molar-refractivity contribution in [1.29, 1.82) is 0 Å². The Morgan fingerprint density at radius 1 is 1.60 bits per heavy atom. The molecule has 0 bridgehead atoms. The third-order valence-corrected chi connectivity index (χ3v) is 3.06. The van der Waals surface area contributed by atoms with E-state index >= 15 is 0 Å². The van der Waals surface area contributed by atoms with Crippen LogP contribution in [-0.4, -0.2) is 41.7 Å². The largest absolute Gasteiger partial charge is 0.393 e. The normalized spacial score (nSPS) is 26.7. The van der Waals surface area contributed by atoms with Crippen molar-refractivity contribution in [2.45, 2.75) is 38.7 Å². The summed E-state index contributed by atoms with van der Waals surface area (Å²) in [6, 6.07) is 0. The summed E-state index contributed by atoms with van der Waals surface area (Å²) in [4.78, 5) is 13.5. The molecule has 1 fully saturated rings. The average Bonchev–Trinajstić information content (AvgIpc) is 2.22. The summed E-state index contributed by atoms with van der Waals surface area (Å²) in [5.41, 5.74) is 5.36. The monoisotopic (exact) mass is 214 g/mol. The van der Waals surface area contributed by atoms with E-state index in [1.807, 2.05) is 4.90 Å². The summed E-state index contributed by atoms with van der Waals surface area (Å²) in [5, 5.41) is 9.77. The Labute approximate surface area is 91.4 Å². The number of amides is 1. The zero-order valence-electron chi connectivity index (χ0n) is 9.48. The predicted molar refractivity (Wildman–Crippen MR) is 59.3 cm³/mol. The van der Waals surface area contributed by atoms with Gasteiger partial charge in [0.1, 0.15) is 0 Å². The Kier molecular flexibility index (Phi) is 5.05. The van der Waals surface area contributed by atoms with Crippen molar-refractivity contribution < 1.29 is 9.90 Å². The van der Waals surface area contributed by atoms with Crippen LogP contribution in [0.4, 0.5) is 0 Å². The predicted octanol–water partition coefficient (Wildman–Crippen LogP) is 0.345. The van der Waals surface area contributed by atoms with E-state index in [1.165, 1.54) is 0 Å². The van der Waals surface area contributed by atoms with Crippen molar-refractivity contribution in [3.8, 4) is 0 Å². The third-order valence-electron chi connectivity index (χ3n) is 3.06. The van der Waals surface area contributed by atoms with Gasteiger partial charge in [-0.2, -0.15) is 0 Å². The number of hydrogen-bond donors (Lipinski definition) is 2. The molecule has 4 heteroatoms. The minimum absolute atomic E-state index is 0.130. The Bertz CT molecular complexity index is 209. The summed E-state index contributed by atoms with van der Waals surface area (Å²) in [6.45, 7) is 3.90. The molecule has 0 aliphatic carbocycles. The number of piperidine rings is 1. The van der Waals surface area contributed by atoms with Gasteiger partial charge in [-0.25, -0.2) is 0 Å². The highest BCUT2D eigenvalue weighted by Gasteiger charge is 2.28. The highest BCUT2D eigenvalue weighted by atomic mass is 16.3. The molecule has 1 amide bonds. The fraction of sp³-hybridized carbons (Fsp3) is 0.909. The molecule has 0 spiro atoms. The van der Waals surface area contributed by atoms with Crippen LogP contribution in [0, 0.1) is 5.92 Å². The van der Waals surface area contributed by atoms with E-state index in [9.17, 15) is 9.90 Å². The van der Waals surface area contributed by atoms with Gasteiger partial charge < -0.3 is 15.7 Å². The molecule has 0 aromatic rings. The van der Waals surface area contributed by atoms with Gasteiger partial charge in [-0.05, 0) is 12.8 Å². The second kappa shape index (κ2) is 6.08. The number of hydrogen-bond acceptors (Lipinski definition) is 3. The van der Waals surface area contributed by atoms with Crippen LogP contribution in [0.5, 0.6) is 0 Å². The molecule has 0 aromatic heterocycles. The molecule has 4 nitrogen and oxygen atoms in total. The smallest absolute Gasteiger partial charge is 0.223 e. The lowest BCUT2D eigenvalue weighted by molar-refractivity contribution is -0.134. The van der Waals surface area contributed by atoms with Gasteiger partial charge in [0, 0.05) is 32.0 Å². The van der Waals surface area contributed by atoms with E-state index in [4.69, 9.17) is 5.73 Å². The van der Waals surface area contributed by atoms with Gasteiger partial charge >= 0.3 is 0 Å². The first-order valence-electron chi connectivity index (χ1n) is 5.85. The minimum Gasteiger partial charge on any atom is -0.393 e. The van der Waals surface area contributed by atoms with Crippen molar-refractivity contribution in [2.24, 2.45) is 11.7 Å². The van der Waals surface area contributed by atoms with Gasteiger partial charge in [-0.1, -0.05) is 13.3 Å². The van der Waals surface area contributed by atoms with E-state index in [0.29, 0.717) is 32.5 Å². The first-order chi connectivity index (χ1) is 7.19. The topological polar surface area (TPSA) is 66.6 Å². The van der Waals surface area contributed by atoms with Gasteiger partial charge in [0.05, 0.1) is 6.10 Å². The Hall–Kier alpha value is -0.610. The lowest BCUT2D eigenvalue weighted by atomic mass is 9.90.